The maximum absolute atomic E-state index is 8.27. The van der Waals surface area contributed by atoms with E-state index in [-0.39, 0.29) is 0 Å². The fourth-order valence-electron chi connectivity index (χ4n) is 5.80. The Bertz CT molecular complexity index is 1550. The Balaban J connectivity index is 1.76. The lowest BCUT2D eigenvalue weighted by Gasteiger charge is -2.44. The summed E-state index contributed by atoms with van der Waals surface area (Å²) in [4.78, 5) is 0. The van der Waals surface area contributed by atoms with Crippen LogP contribution in [0.4, 0.5) is 0 Å². The van der Waals surface area contributed by atoms with Crippen LogP contribution in [0.1, 0.15) is 5.56 Å². The Labute approximate surface area is 245 Å². The Morgan fingerprint density at radius 2 is 0.585 bits per heavy atom. The lowest BCUT2D eigenvalue weighted by molar-refractivity contribution is 0.600. The molecule has 0 aliphatic carbocycles. The Kier molecular flexibility index (Phi) is 7.74. The molecule has 0 N–H and O–H groups in total. The molecule has 0 atom stereocenters. The zero-order chi connectivity index (χ0) is 28.0. The van der Waals surface area contributed by atoms with E-state index in [1.54, 1.807) is 0 Å². The molecule has 198 valence electrons. The van der Waals surface area contributed by atoms with E-state index in [4.69, 9.17) is 4.12 Å². The predicted molar refractivity (Wildman–Crippen MR) is 179 cm³/mol. The van der Waals surface area contributed by atoms with Crippen LogP contribution in [0.2, 0.25) is 0 Å². The fourth-order valence-corrected chi connectivity index (χ4v) is 16.4. The minimum absolute atomic E-state index is 1.09. The van der Waals surface area contributed by atoms with Gasteiger partial charge in [0.1, 0.15) is 0 Å². The third kappa shape index (κ3) is 4.96. The van der Waals surface area contributed by atoms with E-state index >= 15 is 0 Å². The van der Waals surface area contributed by atoms with Crippen molar-refractivity contribution in [3.05, 3.63) is 188 Å². The summed E-state index contributed by atoms with van der Waals surface area (Å²) >= 11 is 0. The molecule has 0 aliphatic rings. The third-order valence-corrected chi connectivity index (χ3v) is 17.1. The van der Waals surface area contributed by atoms with Crippen LogP contribution < -0.4 is 31.1 Å². The van der Waals surface area contributed by atoms with E-state index in [9.17, 15) is 0 Å². The highest BCUT2D eigenvalue weighted by molar-refractivity contribution is 7.18. The van der Waals surface area contributed by atoms with Crippen LogP contribution in [-0.4, -0.2) is 16.6 Å². The van der Waals surface area contributed by atoms with Crippen molar-refractivity contribution in [2.45, 2.75) is 0 Å². The second-order valence-electron chi connectivity index (χ2n) is 10.1. The minimum atomic E-state index is -3.12. The van der Waals surface area contributed by atoms with Gasteiger partial charge in [0.2, 0.25) is 0 Å². The molecule has 3 heteroatoms. The molecule has 6 rings (SSSR count). The molecular weight excluding hydrogens is 529 g/mol. The van der Waals surface area contributed by atoms with Crippen molar-refractivity contribution < 1.29 is 4.12 Å². The highest BCUT2D eigenvalue weighted by Gasteiger charge is 2.52. The quantitative estimate of drug-likeness (QED) is 0.179. The van der Waals surface area contributed by atoms with Gasteiger partial charge in [0.25, 0.3) is 16.6 Å². The van der Waals surface area contributed by atoms with Crippen LogP contribution in [0, 0.1) is 0 Å². The van der Waals surface area contributed by atoms with Gasteiger partial charge in [-0.15, -0.1) is 0 Å². The maximum atomic E-state index is 8.27. The van der Waals surface area contributed by atoms with E-state index in [1.807, 2.05) is 6.08 Å². The van der Waals surface area contributed by atoms with Crippen LogP contribution in [0.5, 0.6) is 0 Å². The molecule has 0 radical (unpaired) electrons. The summed E-state index contributed by atoms with van der Waals surface area (Å²) in [6, 6.07) is 63.2. The first kappa shape index (κ1) is 26.7. The number of hydrogen-bond donors (Lipinski definition) is 0. The maximum Gasteiger partial charge on any atom is 0.278 e. The van der Waals surface area contributed by atoms with Gasteiger partial charge in [0, 0.05) is 0 Å². The molecule has 0 bridgehead atoms. The van der Waals surface area contributed by atoms with Gasteiger partial charge in [-0.25, -0.2) is 0 Å². The molecule has 0 saturated carbocycles. The molecule has 6 aromatic rings. The zero-order valence-corrected chi connectivity index (χ0v) is 24.9. The molecule has 41 heavy (non-hydrogen) atoms. The molecule has 0 fully saturated rings. The summed E-state index contributed by atoms with van der Waals surface area (Å²) in [6.45, 7) is 4.00. The van der Waals surface area contributed by atoms with Crippen molar-refractivity contribution in [2.75, 3.05) is 0 Å². The topological polar surface area (TPSA) is 9.23 Å². The van der Waals surface area contributed by atoms with Gasteiger partial charge in [-0.3, -0.25) is 0 Å². The average molecular weight is 561 g/mol. The lowest BCUT2D eigenvalue weighted by atomic mass is 10.2. The van der Waals surface area contributed by atoms with Crippen LogP contribution >= 0.6 is 0 Å². The number of hydrogen-bond acceptors (Lipinski definition) is 1. The summed E-state index contributed by atoms with van der Waals surface area (Å²) in [5, 5.41) is 7.33. The molecule has 0 saturated heterocycles. The van der Waals surface area contributed by atoms with Crippen molar-refractivity contribution in [1.82, 2.24) is 0 Å². The Morgan fingerprint density at radius 3 is 0.829 bits per heavy atom. The van der Waals surface area contributed by atoms with E-state index in [0.717, 1.165) is 5.56 Å². The molecule has 0 spiro atoms. The van der Waals surface area contributed by atoms with Gasteiger partial charge >= 0.3 is 0 Å². The SMILES string of the molecule is C=Cc1ccc([Si](O[Si](c2ccccc2)(c2ccccc2)c2ccccc2)(c2ccccc2)c2ccccc2)cc1. The van der Waals surface area contributed by atoms with Gasteiger partial charge in [-0.05, 0) is 36.7 Å². The smallest absolute Gasteiger partial charge is 0.278 e. The molecule has 0 amide bonds. The third-order valence-electron chi connectivity index (χ3n) is 7.76. The van der Waals surface area contributed by atoms with Crippen LogP contribution in [0.15, 0.2) is 183 Å². The van der Waals surface area contributed by atoms with Crippen molar-refractivity contribution in [3.63, 3.8) is 0 Å². The first-order valence-corrected chi connectivity index (χ1v) is 17.8. The second kappa shape index (κ2) is 11.9. The fraction of sp³-hybridized carbons (Fsp3) is 0. The van der Waals surface area contributed by atoms with Crippen LogP contribution in [0.25, 0.3) is 6.08 Å². The van der Waals surface area contributed by atoms with Gasteiger partial charge < -0.3 is 4.12 Å². The van der Waals surface area contributed by atoms with Gasteiger partial charge in [0.15, 0.2) is 0 Å². The van der Waals surface area contributed by atoms with Gasteiger partial charge in [0.05, 0.1) is 0 Å². The van der Waals surface area contributed by atoms with Crippen molar-refractivity contribution in [1.29, 1.82) is 0 Å². The average Bonchev–Trinajstić information content (AvgIpc) is 3.08. The molecule has 0 aliphatic heterocycles. The number of benzene rings is 6. The zero-order valence-electron chi connectivity index (χ0n) is 22.9. The second-order valence-corrected chi connectivity index (χ2v) is 17.1. The Morgan fingerprint density at radius 1 is 0.341 bits per heavy atom. The van der Waals surface area contributed by atoms with E-state index in [0.29, 0.717) is 0 Å². The predicted octanol–water partition coefficient (Wildman–Crippen LogP) is 4.98. The van der Waals surface area contributed by atoms with Crippen molar-refractivity contribution in [2.24, 2.45) is 0 Å². The molecule has 0 aromatic heterocycles. The summed E-state index contributed by atoms with van der Waals surface area (Å²) < 4.78 is 8.27. The van der Waals surface area contributed by atoms with E-state index < -0.39 is 16.6 Å². The first-order valence-electron chi connectivity index (χ1n) is 14.0. The monoisotopic (exact) mass is 560 g/mol. The minimum Gasteiger partial charge on any atom is -0.435 e. The molecule has 6 aromatic carbocycles. The summed E-state index contributed by atoms with van der Waals surface area (Å²) in [6.07, 6.45) is 1.90. The number of rotatable bonds is 9. The van der Waals surface area contributed by atoms with Gasteiger partial charge in [-0.1, -0.05) is 189 Å². The molecule has 1 nitrogen and oxygen atoms in total. The van der Waals surface area contributed by atoms with Crippen LogP contribution in [-0.2, 0) is 4.12 Å². The molecular formula is C38H32OSi2. The standard InChI is InChI=1S/C38H32OSi2/c1-2-32-28-30-38(31-29-32)41(36-24-14-6-15-25-36,37-26-16-7-17-27-37)39-40(33-18-8-3-9-19-33,34-20-10-4-11-21-34)35-22-12-5-13-23-35/h2-31H,1H2. The molecule has 0 heterocycles. The highest BCUT2D eigenvalue weighted by Crippen LogP contribution is 2.19. The van der Waals surface area contributed by atoms with Crippen LogP contribution in [0.3, 0.4) is 0 Å². The summed E-state index contributed by atoms with van der Waals surface area (Å²) in [7, 11) is -6.20. The van der Waals surface area contributed by atoms with E-state index in [1.165, 1.54) is 31.1 Å². The Hall–Kier alpha value is -4.55. The van der Waals surface area contributed by atoms with Crippen molar-refractivity contribution >= 4 is 53.8 Å². The van der Waals surface area contributed by atoms with Crippen molar-refractivity contribution in [3.8, 4) is 0 Å². The summed E-state index contributed by atoms with van der Waals surface area (Å²) in [5.41, 5.74) is 1.09. The summed E-state index contributed by atoms with van der Waals surface area (Å²) in [5.74, 6) is 0. The van der Waals surface area contributed by atoms with E-state index in [2.05, 4.69) is 183 Å². The first-order chi connectivity index (χ1) is 20.3. The normalized spacial score (nSPS) is 11.6. The van der Waals surface area contributed by atoms with Gasteiger partial charge in [-0.2, -0.15) is 0 Å². The largest absolute Gasteiger partial charge is 0.435 e. The molecule has 0 unspecified atom stereocenters. The lowest BCUT2D eigenvalue weighted by Crippen LogP contribution is -2.81. The highest BCUT2D eigenvalue weighted by atomic mass is 28.4.